The predicted molar refractivity (Wildman–Crippen MR) is 237 cm³/mol. The van der Waals surface area contributed by atoms with E-state index in [4.69, 9.17) is 9.47 Å². The first-order valence-electron chi connectivity index (χ1n) is 23.4. The number of allylic oxidation sites excluding steroid dienone is 6. The Morgan fingerprint density at radius 3 is 2.24 bits per heavy atom. The number of ketones is 3. The van der Waals surface area contributed by atoms with Crippen molar-refractivity contribution in [3.8, 4) is 0 Å². The van der Waals surface area contributed by atoms with E-state index < -0.39 is 71.7 Å². The summed E-state index contributed by atoms with van der Waals surface area (Å²) >= 11 is 0. The van der Waals surface area contributed by atoms with Crippen LogP contribution in [0.1, 0.15) is 139 Å². The summed E-state index contributed by atoms with van der Waals surface area (Å²) in [5, 5.41) is 44.6. The highest BCUT2D eigenvalue weighted by atomic mass is 16.6. The molecular weight excluding hydrogens is 791 g/mol. The Balaban J connectivity index is 1.67. The van der Waals surface area contributed by atoms with Gasteiger partial charge in [-0.1, -0.05) is 84.9 Å². The van der Waals surface area contributed by atoms with Crippen molar-refractivity contribution in [3.63, 3.8) is 0 Å². The van der Waals surface area contributed by atoms with Gasteiger partial charge in [0.05, 0.1) is 24.4 Å². The fourth-order valence-electron chi connectivity index (χ4n) is 9.97. The third-order valence-electron chi connectivity index (χ3n) is 14.4. The number of piperidine rings is 1. The summed E-state index contributed by atoms with van der Waals surface area (Å²) in [7, 11) is 0. The molecular formula is C50H77NO11. The second kappa shape index (κ2) is 23.1. The molecule has 4 aliphatic rings. The third kappa shape index (κ3) is 13.4. The topological polar surface area (TPSA) is 188 Å². The minimum atomic E-state index is -2.46. The van der Waals surface area contributed by atoms with Crippen molar-refractivity contribution in [1.29, 1.82) is 0 Å². The molecule has 3 aliphatic heterocycles. The normalized spacial score (nSPS) is 41.8. The minimum absolute atomic E-state index is 0.0569. The number of esters is 1. The number of Topliss-reactive ketones (excluding diaryl/α,β-unsaturated/α-hetero) is 3. The number of fused-ring (bicyclic) bond motifs is 3. The van der Waals surface area contributed by atoms with Crippen LogP contribution in [0, 0.1) is 47.3 Å². The second-order valence-corrected chi connectivity index (χ2v) is 19.7. The summed E-state index contributed by atoms with van der Waals surface area (Å²) < 4.78 is 12.3. The SMILES string of the molecule is C/C1=C\[C@@H](C)C(=O)C[C@@H]([C@H](C)C[C@@H]2CC[C@@H](O)[C@H](C)C2)OC(=O)[C@@H]2CCCCN2C(=O)C(=O)[C@]2(O)O[C@@H](CC[C@H]2C)C[C@H](O)/C(C)=C/C=C/C=C/[C@@H](C)C[C@@H](C)C(=O)[C@H](C)[C@@H]1O. The van der Waals surface area contributed by atoms with Gasteiger partial charge in [-0.3, -0.25) is 19.2 Å². The minimum Gasteiger partial charge on any atom is -0.460 e. The van der Waals surface area contributed by atoms with Crippen molar-refractivity contribution in [2.75, 3.05) is 6.54 Å². The highest BCUT2D eigenvalue weighted by Gasteiger charge is 2.53. The van der Waals surface area contributed by atoms with Crippen LogP contribution in [-0.4, -0.2) is 103 Å². The van der Waals surface area contributed by atoms with Gasteiger partial charge in [-0.2, -0.15) is 0 Å². The van der Waals surface area contributed by atoms with Gasteiger partial charge in [-0.25, -0.2) is 4.79 Å². The number of rotatable bonds is 3. The van der Waals surface area contributed by atoms with Crippen molar-refractivity contribution < 1.29 is 53.9 Å². The van der Waals surface area contributed by atoms with E-state index >= 15 is 0 Å². The first kappa shape index (κ1) is 51.3. The highest BCUT2D eigenvalue weighted by Crippen LogP contribution is 2.38. The van der Waals surface area contributed by atoms with Gasteiger partial charge < -0.3 is 34.8 Å². The average Bonchev–Trinajstić information content (AvgIpc) is 3.23. The molecule has 348 valence electrons. The van der Waals surface area contributed by atoms with Crippen LogP contribution >= 0.6 is 0 Å². The second-order valence-electron chi connectivity index (χ2n) is 19.7. The molecule has 0 aromatic carbocycles. The number of ether oxygens (including phenoxy) is 2. The van der Waals surface area contributed by atoms with Crippen molar-refractivity contribution in [2.24, 2.45) is 47.3 Å². The Kier molecular flexibility index (Phi) is 19.1. The summed E-state index contributed by atoms with van der Waals surface area (Å²) in [4.78, 5) is 71.2. The average molecular weight is 868 g/mol. The van der Waals surface area contributed by atoms with E-state index in [2.05, 4.69) is 0 Å². The zero-order valence-electron chi connectivity index (χ0n) is 38.8. The molecule has 15 atom stereocenters. The molecule has 0 aromatic rings. The molecule has 4 rings (SSSR count). The summed E-state index contributed by atoms with van der Waals surface area (Å²) in [5.41, 5.74) is 1.14. The molecule has 2 bridgehead atoms. The lowest BCUT2D eigenvalue weighted by atomic mass is 9.75. The largest absolute Gasteiger partial charge is 0.460 e. The molecule has 0 radical (unpaired) electrons. The van der Waals surface area contributed by atoms with Crippen LogP contribution in [0.2, 0.25) is 0 Å². The Bertz CT molecular complexity index is 1700. The first-order chi connectivity index (χ1) is 29.1. The Hall–Kier alpha value is -3.29. The number of carbonyl (C=O) groups excluding carboxylic acids is 5. The quantitative estimate of drug-likeness (QED) is 0.133. The van der Waals surface area contributed by atoms with E-state index in [1.165, 1.54) is 4.90 Å². The fraction of sp³-hybridized carbons (Fsp3) is 0.740. The van der Waals surface area contributed by atoms with Gasteiger partial charge in [0, 0.05) is 43.1 Å². The zero-order chi connectivity index (χ0) is 46.1. The zero-order valence-corrected chi connectivity index (χ0v) is 38.8. The number of aliphatic hydroxyl groups is 4. The molecule has 12 heteroatoms. The van der Waals surface area contributed by atoms with Crippen LogP contribution in [0.3, 0.4) is 0 Å². The number of nitrogens with zero attached hydrogens (tertiary/aromatic N) is 1. The van der Waals surface area contributed by atoms with Gasteiger partial charge in [0.15, 0.2) is 0 Å². The fourth-order valence-corrected chi connectivity index (χ4v) is 9.97. The molecule has 62 heavy (non-hydrogen) atoms. The van der Waals surface area contributed by atoms with Crippen molar-refractivity contribution in [3.05, 3.63) is 47.6 Å². The number of hydrogen-bond acceptors (Lipinski definition) is 11. The van der Waals surface area contributed by atoms with E-state index in [0.717, 1.165) is 12.8 Å². The van der Waals surface area contributed by atoms with Crippen molar-refractivity contribution in [2.45, 2.75) is 182 Å². The maximum Gasteiger partial charge on any atom is 0.329 e. The molecule has 2 saturated heterocycles. The maximum absolute atomic E-state index is 14.3. The van der Waals surface area contributed by atoms with Gasteiger partial charge in [-0.05, 0) is 113 Å². The first-order valence-corrected chi connectivity index (χ1v) is 23.4. The van der Waals surface area contributed by atoms with Crippen LogP contribution in [0.15, 0.2) is 47.6 Å². The highest BCUT2D eigenvalue weighted by molar-refractivity contribution is 6.39. The lowest BCUT2D eigenvalue weighted by Gasteiger charge is -2.42. The Morgan fingerprint density at radius 2 is 1.55 bits per heavy atom. The number of amides is 1. The smallest absolute Gasteiger partial charge is 0.329 e. The molecule has 0 aromatic heterocycles. The number of aliphatic hydroxyl groups excluding tert-OH is 3. The van der Waals surface area contributed by atoms with Gasteiger partial charge >= 0.3 is 5.97 Å². The lowest BCUT2D eigenvalue weighted by Crippen LogP contribution is -2.61. The molecule has 1 aliphatic carbocycles. The van der Waals surface area contributed by atoms with E-state index in [9.17, 15) is 44.4 Å². The lowest BCUT2D eigenvalue weighted by molar-refractivity contribution is -0.265. The Morgan fingerprint density at radius 1 is 0.839 bits per heavy atom. The summed E-state index contributed by atoms with van der Waals surface area (Å²) in [6, 6.07) is -1.12. The maximum atomic E-state index is 14.3. The van der Waals surface area contributed by atoms with Crippen LogP contribution in [0.25, 0.3) is 0 Å². The van der Waals surface area contributed by atoms with E-state index in [1.807, 2.05) is 45.9 Å². The molecule has 1 saturated carbocycles. The van der Waals surface area contributed by atoms with E-state index in [1.54, 1.807) is 52.8 Å². The van der Waals surface area contributed by atoms with Crippen LogP contribution < -0.4 is 0 Å². The monoisotopic (exact) mass is 868 g/mol. The molecule has 0 unspecified atom stereocenters. The molecule has 3 fully saturated rings. The summed E-state index contributed by atoms with van der Waals surface area (Å²) in [5.74, 6) is -8.00. The summed E-state index contributed by atoms with van der Waals surface area (Å²) in [6.07, 6.45) is 12.5. The van der Waals surface area contributed by atoms with Gasteiger partial charge in [0.2, 0.25) is 5.79 Å². The van der Waals surface area contributed by atoms with Crippen LogP contribution in [0.5, 0.6) is 0 Å². The summed E-state index contributed by atoms with van der Waals surface area (Å²) in [6.45, 7) is 16.5. The van der Waals surface area contributed by atoms with E-state index in [-0.39, 0.29) is 73.1 Å². The number of cyclic esters (lactones) is 1. The predicted octanol–water partition coefficient (Wildman–Crippen LogP) is 6.77. The molecule has 12 nitrogen and oxygen atoms in total. The van der Waals surface area contributed by atoms with Gasteiger partial charge in [0.25, 0.3) is 11.7 Å². The van der Waals surface area contributed by atoms with Gasteiger partial charge in [-0.15, -0.1) is 0 Å². The molecule has 3 heterocycles. The van der Waals surface area contributed by atoms with Crippen molar-refractivity contribution in [1.82, 2.24) is 4.90 Å². The van der Waals surface area contributed by atoms with Crippen LogP contribution in [-0.2, 0) is 33.4 Å². The van der Waals surface area contributed by atoms with Gasteiger partial charge in [0.1, 0.15) is 23.7 Å². The third-order valence-corrected chi connectivity index (χ3v) is 14.4. The molecule has 1 amide bonds. The number of carbonyl (C=O) groups is 5. The van der Waals surface area contributed by atoms with E-state index in [0.29, 0.717) is 56.1 Å². The molecule has 0 spiro atoms. The number of hydrogen-bond donors (Lipinski definition) is 4. The Labute approximate surface area is 370 Å². The van der Waals surface area contributed by atoms with Crippen molar-refractivity contribution >= 4 is 29.2 Å². The molecule has 4 N–H and O–H groups in total. The standard InChI is InChI=1S/C50H77NO11/c1-29-15-11-10-12-16-30(2)42(53)27-39-20-18-36(8)50(60,62-39)47(57)48(58)51-22-14-13-17-40(51)49(59)61-44(33(5)26-38-19-21-41(52)32(4)25-38)28-43(54)31(3)24-35(7)46(56)37(9)45(55)34(6)23-29/h10-12,15-16,24,29,31-34,36-42,44,46,52-53,56,60H,13-14,17-23,25-28H2,1-9H3/b12-10+,15-11+,30-16+,35-24+/t29-,31-,32-,33-,34-,36-,37+,38-,39+,40+,41-,42+,44+,46-,50-/m1/s1. The van der Waals surface area contributed by atoms with Crippen LogP contribution in [0.4, 0.5) is 0 Å².